The molecule has 0 aliphatic carbocycles. The van der Waals surface area contributed by atoms with E-state index >= 15 is 0 Å². The number of carboxylic acids is 1. The van der Waals surface area contributed by atoms with Crippen molar-refractivity contribution in [3.63, 3.8) is 0 Å². The molecule has 0 heterocycles. The van der Waals surface area contributed by atoms with Crippen LogP contribution in [0.4, 0.5) is 22.7 Å². The molecular formula is C26H28N4O18S4. The van der Waals surface area contributed by atoms with E-state index in [4.69, 9.17) is 18.6 Å². The van der Waals surface area contributed by atoms with Crippen molar-refractivity contribution in [2.75, 3.05) is 38.9 Å². The second-order valence-electron chi connectivity index (χ2n) is 9.95. The molecule has 0 spiro atoms. The number of carboxylic acid groups (broad SMARTS) is 1. The standard InChI is InChI=1S/C26H28N4O18S4/c1-14-10-18(21(46-3)13-22(14)50(37,38)9-7-48-52(42,43)44)28-30-24-19(31)12-16(26(33)34)23(25(24)32)29-27-17-5-4-15(11-20(17)45-2)49(35,36)8-6-47-51(39,40)41/h4-5,10-13,31-32H,6-9H2,1-3H3,(H,33,34)(H,39,40,41)(H,42,43,44). The van der Waals surface area contributed by atoms with Crippen LogP contribution in [0, 0.1) is 6.92 Å². The van der Waals surface area contributed by atoms with Crippen LogP contribution in [0.25, 0.3) is 0 Å². The second-order valence-corrected chi connectivity index (χ2v) is 16.3. The lowest BCUT2D eigenvalue weighted by atomic mass is 10.1. The SMILES string of the molecule is COc1cc(S(=O)(=O)CCOS(=O)(=O)O)c(C)cc1N=Nc1c(O)cc(C(=O)O)c(N=Nc2ccc(S(=O)(=O)CCOS(=O)(=O)O)cc2OC)c1O. The Balaban J connectivity index is 2.01. The lowest BCUT2D eigenvalue weighted by Gasteiger charge is -2.12. The highest BCUT2D eigenvalue weighted by atomic mass is 32.3. The molecule has 3 aromatic rings. The quantitative estimate of drug-likeness (QED) is 0.0965. The number of phenolic OH excluding ortho intramolecular Hbond substituents is 2. The molecule has 0 amide bonds. The summed E-state index contributed by atoms with van der Waals surface area (Å²) in [4.78, 5) is 11.2. The number of hydrogen-bond acceptors (Lipinski definition) is 19. The van der Waals surface area contributed by atoms with E-state index in [1.54, 1.807) is 0 Å². The minimum atomic E-state index is -4.90. The van der Waals surface area contributed by atoms with Gasteiger partial charge >= 0.3 is 26.8 Å². The van der Waals surface area contributed by atoms with Crippen LogP contribution in [0.2, 0.25) is 0 Å². The molecule has 26 heteroatoms. The van der Waals surface area contributed by atoms with E-state index in [1.807, 2.05) is 0 Å². The predicted octanol–water partition coefficient (Wildman–Crippen LogP) is 3.14. The number of methoxy groups -OCH3 is 2. The number of aromatic hydroxyl groups is 2. The van der Waals surface area contributed by atoms with Crippen LogP contribution < -0.4 is 9.47 Å². The number of phenols is 2. The fourth-order valence-corrected chi connectivity index (χ4v) is 7.35. The van der Waals surface area contributed by atoms with Gasteiger partial charge in [-0.1, -0.05) is 0 Å². The summed E-state index contributed by atoms with van der Waals surface area (Å²) in [6.45, 7) is -0.453. The van der Waals surface area contributed by atoms with Crippen LogP contribution in [-0.4, -0.2) is 103 Å². The van der Waals surface area contributed by atoms with Crippen molar-refractivity contribution in [2.45, 2.75) is 16.7 Å². The zero-order valence-corrected chi connectivity index (χ0v) is 30.0. The Morgan fingerprint density at radius 2 is 1.21 bits per heavy atom. The molecule has 0 fully saturated rings. The average Bonchev–Trinajstić information content (AvgIpc) is 3.02. The topological polar surface area (TPSA) is 341 Å². The van der Waals surface area contributed by atoms with E-state index in [2.05, 4.69) is 28.8 Å². The van der Waals surface area contributed by atoms with Crippen LogP contribution in [0.3, 0.4) is 0 Å². The number of aryl methyl sites for hydroxylation is 1. The lowest BCUT2D eigenvalue weighted by molar-refractivity contribution is 0.0696. The average molecular weight is 813 g/mol. The molecule has 0 saturated carbocycles. The molecule has 0 saturated heterocycles. The molecule has 0 bridgehead atoms. The fourth-order valence-electron chi connectivity index (χ4n) is 4.10. The fraction of sp³-hybridized carbons (Fsp3) is 0.269. The van der Waals surface area contributed by atoms with E-state index in [-0.39, 0.29) is 38.2 Å². The third-order valence-corrected chi connectivity index (χ3v) is 10.9. The van der Waals surface area contributed by atoms with Crippen molar-refractivity contribution in [1.29, 1.82) is 0 Å². The maximum absolute atomic E-state index is 12.8. The maximum atomic E-state index is 12.8. The predicted molar refractivity (Wildman–Crippen MR) is 175 cm³/mol. The van der Waals surface area contributed by atoms with E-state index < -0.39 is 99.6 Å². The number of azo groups is 2. The highest BCUT2D eigenvalue weighted by Crippen LogP contribution is 2.47. The number of nitrogens with zero attached hydrogens (tertiary/aromatic N) is 4. The molecule has 0 aliphatic rings. The van der Waals surface area contributed by atoms with Crippen LogP contribution in [0.5, 0.6) is 23.0 Å². The molecule has 5 N–H and O–H groups in total. The summed E-state index contributed by atoms with van der Waals surface area (Å²) in [5.74, 6) is -5.76. The van der Waals surface area contributed by atoms with Crippen LogP contribution >= 0.6 is 0 Å². The Labute approximate surface area is 295 Å². The molecule has 0 radical (unpaired) electrons. The minimum absolute atomic E-state index is 0.0602. The number of hydrogen-bond donors (Lipinski definition) is 5. The molecule has 284 valence electrons. The third kappa shape index (κ3) is 10.8. The van der Waals surface area contributed by atoms with Gasteiger partial charge in [-0.05, 0) is 36.8 Å². The Bertz CT molecular complexity index is 2380. The second kappa shape index (κ2) is 16.2. The van der Waals surface area contributed by atoms with Gasteiger partial charge in [-0.3, -0.25) is 9.11 Å². The number of ether oxygens (including phenoxy) is 2. The monoisotopic (exact) mass is 812 g/mol. The molecule has 3 rings (SSSR count). The Morgan fingerprint density at radius 3 is 1.75 bits per heavy atom. The number of aromatic carboxylic acids is 1. The van der Waals surface area contributed by atoms with Crippen molar-refractivity contribution in [1.82, 2.24) is 0 Å². The highest BCUT2D eigenvalue weighted by molar-refractivity contribution is 7.91. The first-order valence-electron chi connectivity index (χ1n) is 13.7. The van der Waals surface area contributed by atoms with Gasteiger partial charge in [-0.2, -0.15) is 16.8 Å². The summed E-state index contributed by atoms with van der Waals surface area (Å²) in [6.07, 6.45) is 0. The molecule has 0 unspecified atom stereocenters. The van der Waals surface area contributed by atoms with Gasteiger partial charge in [0.05, 0.1) is 54.3 Å². The van der Waals surface area contributed by atoms with Gasteiger partial charge in [0.1, 0.15) is 34.3 Å². The Morgan fingerprint density at radius 1 is 0.692 bits per heavy atom. The van der Waals surface area contributed by atoms with E-state index in [9.17, 15) is 53.8 Å². The smallest absolute Gasteiger partial charge is 0.397 e. The zero-order chi connectivity index (χ0) is 39.2. The van der Waals surface area contributed by atoms with Gasteiger partial charge in [0, 0.05) is 12.1 Å². The largest absolute Gasteiger partial charge is 0.505 e. The van der Waals surface area contributed by atoms with Crippen molar-refractivity contribution in [3.8, 4) is 23.0 Å². The molecule has 3 aromatic carbocycles. The van der Waals surface area contributed by atoms with Gasteiger partial charge in [-0.25, -0.2) is 30.0 Å². The molecule has 0 atom stereocenters. The van der Waals surface area contributed by atoms with E-state index in [1.165, 1.54) is 13.0 Å². The van der Waals surface area contributed by atoms with Crippen molar-refractivity contribution < 1.29 is 80.7 Å². The van der Waals surface area contributed by atoms with Gasteiger partial charge in [-0.15, -0.1) is 20.5 Å². The van der Waals surface area contributed by atoms with Gasteiger partial charge in [0.2, 0.25) is 0 Å². The number of carbonyl (C=O) groups is 1. The molecule has 0 aliphatic heterocycles. The first kappa shape index (κ1) is 41.6. The van der Waals surface area contributed by atoms with Crippen molar-refractivity contribution >= 4 is 69.2 Å². The molecular weight excluding hydrogens is 785 g/mol. The number of benzene rings is 3. The van der Waals surface area contributed by atoms with Gasteiger partial charge in [0.15, 0.2) is 31.1 Å². The number of sulfone groups is 2. The van der Waals surface area contributed by atoms with Gasteiger partial charge in [0.25, 0.3) is 0 Å². The van der Waals surface area contributed by atoms with E-state index in [0.29, 0.717) is 6.07 Å². The van der Waals surface area contributed by atoms with E-state index in [0.717, 1.165) is 38.5 Å². The summed E-state index contributed by atoms with van der Waals surface area (Å²) in [7, 11) is -15.9. The summed E-state index contributed by atoms with van der Waals surface area (Å²) in [6, 6.07) is 5.95. The zero-order valence-electron chi connectivity index (χ0n) is 26.8. The summed E-state index contributed by atoms with van der Waals surface area (Å²) in [5.41, 5.74) is -2.53. The summed E-state index contributed by atoms with van der Waals surface area (Å²) >= 11 is 0. The van der Waals surface area contributed by atoms with Crippen molar-refractivity contribution in [2.24, 2.45) is 20.5 Å². The van der Waals surface area contributed by atoms with Crippen LogP contribution in [0.15, 0.2) is 66.6 Å². The molecule has 0 aromatic heterocycles. The molecule has 22 nitrogen and oxygen atoms in total. The lowest BCUT2D eigenvalue weighted by Crippen LogP contribution is -2.16. The normalized spacial score (nSPS) is 12.8. The highest BCUT2D eigenvalue weighted by Gasteiger charge is 2.25. The Hall–Kier alpha value is -4.83. The van der Waals surface area contributed by atoms with Crippen LogP contribution in [0.1, 0.15) is 15.9 Å². The first-order chi connectivity index (χ1) is 24.0. The summed E-state index contributed by atoms with van der Waals surface area (Å²) < 4.78 is 129. The third-order valence-electron chi connectivity index (χ3n) is 6.46. The Kier molecular flexibility index (Phi) is 13.0. The van der Waals surface area contributed by atoms with Crippen molar-refractivity contribution in [3.05, 3.63) is 47.5 Å². The minimum Gasteiger partial charge on any atom is -0.505 e. The molecule has 52 heavy (non-hydrogen) atoms. The van der Waals surface area contributed by atoms with Gasteiger partial charge < -0.3 is 24.8 Å². The number of rotatable bonds is 17. The summed E-state index contributed by atoms with van der Waals surface area (Å²) in [5, 5.41) is 46.3. The maximum Gasteiger partial charge on any atom is 0.397 e. The van der Waals surface area contributed by atoms with Crippen LogP contribution in [-0.2, 0) is 48.8 Å². The first-order valence-corrected chi connectivity index (χ1v) is 19.7.